The summed E-state index contributed by atoms with van der Waals surface area (Å²) in [5, 5.41) is 46.7. The number of rotatable bonds is 11. The van der Waals surface area contributed by atoms with Gasteiger partial charge in [0, 0.05) is 88.2 Å². The highest BCUT2D eigenvalue weighted by atomic mass is 16.7. The Morgan fingerprint density at radius 3 is 1.97 bits per heavy atom. The lowest BCUT2D eigenvalue weighted by molar-refractivity contribution is -0.320. The Balaban J connectivity index is 1.41. The summed E-state index contributed by atoms with van der Waals surface area (Å²) in [7, 11) is 3.02. The Morgan fingerprint density at radius 1 is 0.810 bits per heavy atom. The molecule has 4 N–H and O–H groups in total. The number of carbonyl (C=O) groups is 2. The number of aromatic nitrogens is 2. The van der Waals surface area contributed by atoms with Crippen LogP contribution < -0.4 is 0 Å². The van der Waals surface area contributed by atoms with Crippen molar-refractivity contribution in [2.45, 2.75) is 179 Å². The van der Waals surface area contributed by atoms with Crippen molar-refractivity contribution in [2.24, 2.45) is 29.6 Å². The van der Waals surface area contributed by atoms with Gasteiger partial charge in [-0.1, -0.05) is 39.8 Å². The molecule has 6 rings (SSSR count). The summed E-state index contributed by atoms with van der Waals surface area (Å²) in [5.74, 6) is -5.22. The maximum atomic E-state index is 14.3. The summed E-state index contributed by atoms with van der Waals surface area (Å²) in [6.45, 7) is 16.6. The Morgan fingerprint density at radius 2 is 1.41 bits per heavy atom. The number of hydrogen-bond donors (Lipinski definition) is 4. The molecule has 19 atom stereocenters. The van der Waals surface area contributed by atoms with Crippen LogP contribution in [-0.2, 0) is 55.8 Å². The van der Waals surface area contributed by atoms with Crippen LogP contribution in [0, 0.1) is 29.6 Å². The van der Waals surface area contributed by atoms with E-state index in [0.29, 0.717) is 19.5 Å². The number of aliphatic hydroxyl groups is 4. The molecule has 0 amide bonds. The van der Waals surface area contributed by atoms with Gasteiger partial charge >= 0.3 is 5.97 Å². The molecule has 4 aliphatic rings. The fourth-order valence-electron chi connectivity index (χ4n) is 10.4. The van der Waals surface area contributed by atoms with E-state index in [9.17, 15) is 30.0 Å². The molecule has 16 nitrogen and oxygen atoms in total. The zero-order valence-electron chi connectivity index (χ0n) is 38.7. The van der Waals surface area contributed by atoms with E-state index >= 15 is 0 Å². The second kappa shape index (κ2) is 19.8. The molecule has 352 valence electrons. The molecule has 3 saturated heterocycles. The molecule has 63 heavy (non-hydrogen) atoms. The van der Waals surface area contributed by atoms with E-state index in [-0.39, 0.29) is 24.7 Å². The van der Waals surface area contributed by atoms with Crippen molar-refractivity contribution in [2.75, 3.05) is 14.2 Å². The van der Waals surface area contributed by atoms with E-state index in [0.717, 1.165) is 11.1 Å². The number of carbonyl (C=O) groups excluding carboxylic acids is 2. The highest BCUT2D eigenvalue weighted by molar-refractivity contribution is 5.84. The van der Waals surface area contributed by atoms with Crippen molar-refractivity contribution in [3.8, 4) is 0 Å². The van der Waals surface area contributed by atoms with Crippen molar-refractivity contribution >= 4 is 11.8 Å². The van der Waals surface area contributed by atoms with Gasteiger partial charge in [-0.25, -0.2) is 0 Å². The van der Waals surface area contributed by atoms with Crippen LogP contribution in [0.15, 0.2) is 49.1 Å². The number of ketones is 1. The average Bonchev–Trinajstić information content (AvgIpc) is 3.80. The topological polar surface area (TPSA) is 209 Å². The quantitative estimate of drug-likeness (QED) is 0.238. The van der Waals surface area contributed by atoms with Crippen molar-refractivity contribution in [1.29, 1.82) is 0 Å². The maximum Gasteiger partial charge on any atom is 0.311 e. The highest BCUT2D eigenvalue weighted by Gasteiger charge is 2.70. The molecule has 3 aliphatic heterocycles. The van der Waals surface area contributed by atoms with Gasteiger partial charge in [-0.15, -0.1) is 0 Å². The largest absolute Gasteiger partial charge is 0.458 e. The van der Waals surface area contributed by atoms with Crippen molar-refractivity contribution in [1.82, 2.24) is 14.9 Å². The van der Waals surface area contributed by atoms with Gasteiger partial charge in [0.25, 0.3) is 0 Å². The summed E-state index contributed by atoms with van der Waals surface area (Å²) in [5.41, 5.74) is -2.31. The van der Waals surface area contributed by atoms with E-state index in [1.54, 1.807) is 66.3 Å². The lowest BCUT2D eigenvalue weighted by Gasteiger charge is -2.50. The second-order valence-electron chi connectivity index (χ2n) is 19.3. The van der Waals surface area contributed by atoms with Gasteiger partial charge in [-0.05, 0) is 70.7 Å². The minimum Gasteiger partial charge on any atom is -0.458 e. The van der Waals surface area contributed by atoms with Crippen LogP contribution in [0.2, 0.25) is 0 Å². The lowest BCUT2D eigenvalue weighted by Crippen LogP contribution is -2.61. The van der Waals surface area contributed by atoms with Crippen LogP contribution >= 0.6 is 0 Å². The smallest absolute Gasteiger partial charge is 0.311 e. The number of fused-ring (bicyclic) bond motifs is 1. The molecule has 2 aromatic heterocycles. The van der Waals surface area contributed by atoms with Gasteiger partial charge in [0.15, 0.2) is 12.6 Å². The monoisotopic (exact) mass is 885 g/mol. The van der Waals surface area contributed by atoms with Crippen LogP contribution in [0.4, 0.5) is 0 Å². The number of hydrogen-bond acceptors (Lipinski definition) is 16. The molecule has 1 saturated carbocycles. The highest BCUT2D eigenvalue weighted by Crippen LogP contribution is 2.52. The van der Waals surface area contributed by atoms with Gasteiger partial charge < -0.3 is 53.6 Å². The molecule has 1 aliphatic carbocycles. The first-order valence-corrected chi connectivity index (χ1v) is 22.4. The molecule has 2 aromatic rings. The maximum absolute atomic E-state index is 14.3. The zero-order chi connectivity index (χ0) is 46.2. The molecular formula is C47H71N3O13. The Bertz CT molecular complexity index is 1790. The van der Waals surface area contributed by atoms with Crippen LogP contribution in [0.3, 0.4) is 0 Å². The molecular weight excluding hydrogens is 815 g/mol. The standard InChI is InChI=1S/C47H71N3O13/c1-25-19-46(9,58-11)41(63-44-37(52)34(18-26(2)59-44)50(23-32-14-12-16-48-21-32)24-33-15-13-17-49-22-33)28(4)38(61-35-20-45(8,57-10)40(54)31(7)60-35)29(5)43(55)62-42-30(6)47(42,56)39(53)27(3)36(25)51/h12-17,21-22,25-31,34-35,37-42,44,52-54,56H,18-20,23-24H2,1-11H3/t25-,26-,27?,28+,29-,30?,31+,34+,35+,37-,38+,39-,40+,41-,42-,44+,45-,46+,47+/m1/s1. The summed E-state index contributed by atoms with van der Waals surface area (Å²) in [6.07, 6.45) is -2.46. The first-order valence-electron chi connectivity index (χ1n) is 22.4. The summed E-state index contributed by atoms with van der Waals surface area (Å²) in [6, 6.07) is 7.24. The zero-order valence-corrected chi connectivity index (χ0v) is 38.7. The minimum absolute atomic E-state index is 0.0815. The Labute approximate surface area is 371 Å². The molecule has 5 heterocycles. The van der Waals surface area contributed by atoms with Gasteiger partial charge in [-0.2, -0.15) is 0 Å². The third kappa shape index (κ3) is 10.2. The van der Waals surface area contributed by atoms with Crippen LogP contribution in [0.1, 0.15) is 92.7 Å². The third-order valence-corrected chi connectivity index (χ3v) is 14.7. The number of pyridine rings is 2. The van der Waals surface area contributed by atoms with Crippen molar-refractivity contribution in [3.63, 3.8) is 0 Å². The van der Waals surface area contributed by atoms with Gasteiger partial charge in [-0.3, -0.25) is 24.5 Å². The average molecular weight is 886 g/mol. The van der Waals surface area contributed by atoms with Crippen molar-refractivity contribution in [3.05, 3.63) is 60.2 Å². The number of ether oxygens (including phenoxy) is 7. The fraction of sp³-hybridized carbons (Fsp3) is 0.745. The molecule has 0 bridgehead atoms. The first-order chi connectivity index (χ1) is 29.7. The normalized spacial score (nSPS) is 44.1. The number of aliphatic hydroxyl groups excluding tert-OH is 3. The van der Waals surface area contributed by atoms with Gasteiger partial charge in [0.1, 0.15) is 29.7 Å². The molecule has 0 spiro atoms. The van der Waals surface area contributed by atoms with E-state index in [2.05, 4.69) is 14.9 Å². The molecule has 4 fully saturated rings. The molecule has 16 heteroatoms. The fourth-order valence-corrected chi connectivity index (χ4v) is 10.4. The summed E-state index contributed by atoms with van der Waals surface area (Å²) >= 11 is 0. The summed E-state index contributed by atoms with van der Waals surface area (Å²) in [4.78, 5) is 39.4. The number of methoxy groups -OCH3 is 2. The second-order valence-corrected chi connectivity index (χ2v) is 19.3. The SMILES string of the molecule is CO[C@]1(C)C[C@H](O[C@H]2[C@H](C)[C@@H](O[C@@H]3O[C@H](C)C[C@H](N(Cc4cccnc4)Cc4cccnc4)[C@H]3O)[C@@](C)(OC)C[C@@H](C)C(=O)C(C)[C@@H](O)[C@@]3(O)C(C)[C@H]3OC(=O)[C@@H]2C)O[C@@H](C)[C@@H]1O. The number of Topliss-reactive ketones (excluding diaryl/α,β-unsaturated/α-hetero) is 1. The van der Waals surface area contributed by atoms with Crippen LogP contribution in [0.25, 0.3) is 0 Å². The van der Waals surface area contributed by atoms with Gasteiger partial charge in [0.05, 0.1) is 47.6 Å². The van der Waals surface area contributed by atoms with Crippen LogP contribution in [0.5, 0.6) is 0 Å². The van der Waals surface area contributed by atoms with E-state index in [1.807, 2.05) is 45.0 Å². The molecule has 0 aromatic carbocycles. The van der Waals surface area contributed by atoms with Crippen LogP contribution in [-0.4, -0.2) is 146 Å². The van der Waals surface area contributed by atoms with Crippen molar-refractivity contribution < 1.29 is 63.2 Å². The third-order valence-electron chi connectivity index (χ3n) is 14.7. The van der Waals surface area contributed by atoms with E-state index < -0.39 is 114 Å². The minimum atomic E-state index is -1.84. The predicted octanol–water partition coefficient (Wildman–Crippen LogP) is 3.59. The summed E-state index contributed by atoms with van der Waals surface area (Å²) < 4.78 is 44.8. The predicted molar refractivity (Wildman–Crippen MR) is 228 cm³/mol. The van der Waals surface area contributed by atoms with Gasteiger partial charge in [0.2, 0.25) is 0 Å². The molecule has 0 radical (unpaired) electrons. The Kier molecular flexibility index (Phi) is 15.6. The van der Waals surface area contributed by atoms with E-state index in [1.165, 1.54) is 14.2 Å². The molecule has 2 unspecified atom stereocenters. The number of esters is 1. The number of nitrogens with zero attached hydrogens (tertiary/aromatic N) is 3. The first kappa shape index (κ1) is 49.4. The van der Waals surface area contributed by atoms with E-state index in [4.69, 9.17) is 33.2 Å². The Hall–Kier alpha value is -3.00. The lowest BCUT2D eigenvalue weighted by atomic mass is 9.75.